The van der Waals surface area contributed by atoms with E-state index in [4.69, 9.17) is 10.5 Å². The molecule has 24 heavy (non-hydrogen) atoms. The number of imide groups is 1. The number of hydrogen-bond acceptors (Lipinski definition) is 4. The molecule has 0 fully saturated rings. The van der Waals surface area contributed by atoms with Crippen molar-refractivity contribution in [3.05, 3.63) is 65.7 Å². The van der Waals surface area contributed by atoms with Crippen LogP contribution in [0.25, 0.3) is 5.57 Å². The molecule has 0 atom stereocenters. The van der Waals surface area contributed by atoms with Crippen molar-refractivity contribution < 1.29 is 14.3 Å². The molecule has 2 aromatic rings. The van der Waals surface area contributed by atoms with Crippen LogP contribution in [0.4, 0.5) is 5.69 Å². The highest BCUT2D eigenvalue weighted by molar-refractivity contribution is 6.21. The van der Waals surface area contributed by atoms with Gasteiger partial charge in [0.2, 0.25) is 0 Å². The number of hydrogen-bond donors (Lipinski definition) is 1. The third-order valence-corrected chi connectivity index (χ3v) is 4.18. The van der Waals surface area contributed by atoms with Crippen molar-refractivity contribution in [1.29, 1.82) is 0 Å². The van der Waals surface area contributed by atoms with Gasteiger partial charge in [0.1, 0.15) is 5.75 Å². The Morgan fingerprint density at radius 3 is 2.29 bits per heavy atom. The Morgan fingerprint density at radius 1 is 1.08 bits per heavy atom. The van der Waals surface area contributed by atoms with Crippen LogP contribution in [0.5, 0.6) is 5.75 Å². The van der Waals surface area contributed by atoms with Gasteiger partial charge in [-0.15, -0.1) is 0 Å². The molecule has 0 unspecified atom stereocenters. The van der Waals surface area contributed by atoms with Gasteiger partial charge < -0.3 is 10.5 Å². The number of nitrogens with two attached hydrogens (primary N) is 1. The molecular weight excluding hydrogens is 304 g/mol. The second-order valence-corrected chi connectivity index (χ2v) is 5.58. The number of carbonyl (C=O) groups is 2. The molecule has 0 radical (unpaired) electrons. The van der Waals surface area contributed by atoms with Gasteiger partial charge in [0, 0.05) is 12.1 Å². The zero-order chi connectivity index (χ0) is 17.3. The predicted molar refractivity (Wildman–Crippen MR) is 92.9 cm³/mol. The van der Waals surface area contributed by atoms with Gasteiger partial charge in [0.25, 0.3) is 11.8 Å². The number of nitrogens with zero attached hydrogens (tertiary/aromatic N) is 1. The second kappa shape index (κ2) is 6.20. The monoisotopic (exact) mass is 322 g/mol. The summed E-state index contributed by atoms with van der Waals surface area (Å²) in [5, 5.41) is 0. The first-order valence-electron chi connectivity index (χ1n) is 7.60. The topological polar surface area (TPSA) is 72.6 Å². The van der Waals surface area contributed by atoms with E-state index in [0.717, 1.165) is 11.1 Å². The minimum Gasteiger partial charge on any atom is -0.495 e. The molecule has 2 amide bonds. The van der Waals surface area contributed by atoms with Gasteiger partial charge in [0.15, 0.2) is 0 Å². The fraction of sp³-hybridized carbons (Fsp3) is 0.158. The number of anilines is 1. The van der Waals surface area contributed by atoms with Crippen LogP contribution in [0.15, 0.2) is 49.0 Å². The van der Waals surface area contributed by atoms with Gasteiger partial charge in [0.05, 0.1) is 23.9 Å². The number of rotatable bonds is 5. The molecule has 0 aromatic heterocycles. The highest BCUT2D eigenvalue weighted by atomic mass is 16.5. The van der Waals surface area contributed by atoms with E-state index >= 15 is 0 Å². The lowest BCUT2D eigenvalue weighted by atomic mass is 10.0. The highest BCUT2D eigenvalue weighted by Crippen LogP contribution is 2.31. The largest absolute Gasteiger partial charge is 0.495 e. The molecule has 0 bridgehead atoms. The molecule has 0 aliphatic carbocycles. The maximum atomic E-state index is 12.4. The Hall–Kier alpha value is -3.08. The third-order valence-electron chi connectivity index (χ3n) is 4.18. The number of methoxy groups -OCH3 is 1. The first-order valence-corrected chi connectivity index (χ1v) is 7.60. The van der Waals surface area contributed by atoms with Gasteiger partial charge in [-0.1, -0.05) is 30.8 Å². The molecule has 122 valence electrons. The summed E-state index contributed by atoms with van der Waals surface area (Å²) in [6, 6.07) is 12.3. The molecule has 1 aliphatic rings. The van der Waals surface area contributed by atoms with E-state index in [-0.39, 0.29) is 18.4 Å². The molecule has 0 saturated heterocycles. The van der Waals surface area contributed by atoms with E-state index in [9.17, 15) is 9.59 Å². The molecule has 3 rings (SSSR count). The summed E-state index contributed by atoms with van der Waals surface area (Å²) in [5.74, 6) is 0.0541. The summed E-state index contributed by atoms with van der Waals surface area (Å²) in [6.07, 6.45) is 0.447. The molecule has 5 heteroatoms. The van der Waals surface area contributed by atoms with Crippen LogP contribution < -0.4 is 10.5 Å². The van der Waals surface area contributed by atoms with E-state index < -0.39 is 0 Å². The minimum atomic E-state index is -0.262. The molecule has 1 aliphatic heterocycles. The van der Waals surface area contributed by atoms with Crippen molar-refractivity contribution in [3.63, 3.8) is 0 Å². The number of ether oxygens (including phenoxy) is 1. The van der Waals surface area contributed by atoms with Crippen LogP contribution >= 0.6 is 0 Å². The number of benzene rings is 2. The summed E-state index contributed by atoms with van der Waals surface area (Å²) >= 11 is 0. The van der Waals surface area contributed by atoms with Crippen molar-refractivity contribution in [2.45, 2.75) is 6.42 Å². The lowest BCUT2D eigenvalue weighted by Gasteiger charge is -2.16. The van der Waals surface area contributed by atoms with Crippen LogP contribution in [-0.4, -0.2) is 30.4 Å². The first-order chi connectivity index (χ1) is 11.5. The number of nitrogen functional groups attached to an aromatic ring is 1. The zero-order valence-electron chi connectivity index (χ0n) is 13.4. The SMILES string of the molecule is C=C(CCN1C(=O)c2ccccc2C1=O)c1cccc(OC)c1N. The quantitative estimate of drug-likeness (QED) is 0.678. The summed E-state index contributed by atoms with van der Waals surface area (Å²) in [6.45, 7) is 4.30. The van der Waals surface area contributed by atoms with Crippen LogP contribution in [-0.2, 0) is 0 Å². The average molecular weight is 322 g/mol. The summed E-state index contributed by atoms with van der Waals surface area (Å²) in [4.78, 5) is 26.0. The van der Waals surface area contributed by atoms with Crippen molar-refractivity contribution in [1.82, 2.24) is 4.90 Å². The Bertz CT molecular complexity index is 807. The normalized spacial score (nSPS) is 13.1. The fourth-order valence-corrected chi connectivity index (χ4v) is 2.85. The van der Waals surface area contributed by atoms with E-state index in [1.165, 1.54) is 4.90 Å². The smallest absolute Gasteiger partial charge is 0.261 e. The number of fused-ring (bicyclic) bond motifs is 1. The standard InChI is InChI=1S/C19H18N2O3/c1-12(13-8-5-9-16(24-2)17(13)20)10-11-21-18(22)14-6-3-4-7-15(14)19(21)23/h3-9H,1,10-11,20H2,2H3. The first kappa shape index (κ1) is 15.8. The van der Waals surface area contributed by atoms with Gasteiger partial charge >= 0.3 is 0 Å². The Morgan fingerprint density at radius 2 is 1.71 bits per heavy atom. The van der Waals surface area contributed by atoms with Crippen LogP contribution in [0.1, 0.15) is 32.7 Å². The summed E-state index contributed by atoms with van der Waals surface area (Å²) in [5.41, 5.74) is 9.00. The number of amides is 2. The van der Waals surface area contributed by atoms with Crippen molar-refractivity contribution in [3.8, 4) is 5.75 Å². The molecular formula is C19H18N2O3. The average Bonchev–Trinajstić information content (AvgIpc) is 2.84. The molecule has 0 spiro atoms. The molecule has 1 heterocycles. The molecule has 5 nitrogen and oxygen atoms in total. The van der Waals surface area contributed by atoms with Gasteiger partial charge in [-0.05, 0) is 30.2 Å². The van der Waals surface area contributed by atoms with Crippen LogP contribution in [0.3, 0.4) is 0 Å². The highest BCUT2D eigenvalue weighted by Gasteiger charge is 2.34. The molecule has 2 aromatic carbocycles. The maximum absolute atomic E-state index is 12.4. The van der Waals surface area contributed by atoms with E-state index in [1.807, 2.05) is 12.1 Å². The van der Waals surface area contributed by atoms with Gasteiger partial charge in [-0.25, -0.2) is 0 Å². The van der Waals surface area contributed by atoms with Crippen molar-refractivity contribution >= 4 is 23.1 Å². The number of carbonyl (C=O) groups excluding carboxylic acids is 2. The van der Waals surface area contributed by atoms with Crippen LogP contribution in [0.2, 0.25) is 0 Å². The van der Waals surface area contributed by atoms with Gasteiger partial charge in [-0.3, -0.25) is 14.5 Å². The van der Waals surface area contributed by atoms with Crippen molar-refractivity contribution in [2.24, 2.45) is 0 Å². The molecule has 0 saturated carbocycles. The lowest BCUT2D eigenvalue weighted by molar-refractivity contribution is 0.0658. The van der Waals surface area contributed by atoms with E-state index in [0.29, 0.717) is 29.0 Å². The lowest BCUT2D eigenvalue weighted by Crippen LogP contribution is -2.30. The fourth-order valence-electron chi connectivity index (χ4n) is 2.85. The third kappa shape index (κ3) is 2.54. The minimum absolute atomic E-state index is 0.262. The maximum Gasteiger partial charge on any atom is 0.261 e. The Balaban J connectivity index is 1.74. The Labute approximate surface area is 140 Å². The van der Waals surface area contributed by atoms with Gasteiger partial charge in [-0.2, -0.15) is 0 Å². The zero-order valence-corrected chi connectivity index (χ0v) is 13.4. The number of para-hydroxylation sites is 1. The summed E-state index contributed by atoms with van der Waals surface area (Å²) < 4.78 is 5.21. The predicted octanol–water partition coefficient (Wildman–Crippen LogP) is 2.98. The second-order valence-electron chi connectivity index (χ2n) is 5.58. The Kier molecular flexibility index (Phi) is 4.08. The van der Waals surface area contributed by atoms with E-state index in [1.54, 1.807) is 37.4 Å². The van der Waals surface area contributed by atoms with Crippen LogP contribution in [0, 0.1) is 0 Å². The summed E-state index contributed by atoms with van der Waals surface area (Å²) in [7, 11) is 1.55. The van der Waals surface area contributed by atoms with E-state index in [2.05, 4.69) is 6.58 Å². The van der Waals surface area contributed by atoms with Crippen molar-refractivity contribution in [2.75, 3.05) is 19.4 Å². The molecule has 2 N–H and O–H groups in total.